The Morgan fingerprint density at radius 2 is 1.93 bits per heavy atom. The number of hydrogen-bond donors (Lipinski definition) is 2. The molecule has 3 heterocycles. The summed E-state index contributed by atoms with van der Waals surface area (Å²) < 4.78 is 18.6. The summed E-state index contributed by atoms with van der Waals surface area (Å²) in [5.41, 5.74) is 1.94. The number of carbonyl (C=O) groups excluding carboxylic acids is 1. The van der Waals surface area contributed by atoms with E-state index in [4.69, 9.17) is 0 Å². The molecule has 29 heavy (non-hydrogen) atoms. The smallest absolute Gasteiger partial charge is 0.290 e. The number of benzene rings is 1. The first-order valence-electron chi connectivity index (χ1n) is 9.50. The number of piperidine rings is 1. The predicted molar refractivity (Wildman–Crippen MR) is 111 cm³/mol. The van der Waals surface area contributed by atoms with E-state index < -0.39 is 15.6 Å². The number of aromatic nitrogens is 3. The summed E-state index contributed by atoms with van der Waals surface area (Å²) in [5, 5.41) is 7.62. The van der Waals surface area contributed by atoms with Crippen molar-refractivity contribution in [2.75, 3.05) is 19.3 Å². The second kappa shape index (κ2) is 7.57. The van der Waals surface area contributed by atoms with Gasteiger partial charge < -0.3 is 10.3 Å². The van der Waals surface area contributed by atoms with Gasteiger partial charge in [0, 0.05) is 23.1 Å². The van der Waals surface area contributed by atoms with Crippen LogP contribution in [-0.2, 0) is 9.73 Å². The van der Waals surface area contributed by atoms with E-state index in [0.717, 1.165) is 37.2 Å². The molecule has 1 saturated heterocycles. The van der Waals surface area contributed by atoms with Crippen LogP contribution in [0.15, 0.2) is 50.6 Å². The summed E-state index contributed by atoms with van der Waals surface area (Å²) in [6.45, 7) is 3.67. The fourth-order valence-corrected chi connectivity index (χ4v) is 4.79. The van der Waals surface area contributed by atoms with Crippen molar-refractivity contribution in [3.05, 3.63) is 63.7 Å². The molecule has 2 aromatic heterocycles. The molecule has 1 aliphatic heterocycles. The topological polar surface area (TPSA) is 109 Å². The van der Waals surface area contributed by atoms with Crippen LogP contribution in [0.2, 0.25) is 0 Å². The molecule has 1 aromatic carbocycles. The maximum atomic E-state index is 13.0. The highest BCUT2D eigenvalue weighted by atomic mass is 32.2. The van der Waals surface area contributed by atoms with Crippen molar-refractivity contribution in [2.45, 2.75) is 30.6 Å². The number of aryl methyl sites for hydroxylation is 1. The van der Waals surface area contributed by atoms with Gasteiger partial charge in [0.2, 0.25) is 0 Å². The maximum Gasteiger partial charge on any atom is 0.290 e. The van der Waals surface area contributed by atoms with Crippen molar-refractivity contribution in [2.24, 2.45) is 4.36 Å². The number of nitrogens with one attached hydrogen (secondary N) is 2. The second-order valence-electron chi connectivity index (χ2n) is 7.41. The van der Waals surface area contributed by atoms with E-state index in [-0.39, 0.29) is 17.0 Å². The lowest BCUT2D eigenvalue weighted by molar-refractivity contribution is 0.101. The highest BCUT2D eigenvalue weighted by Gasteiger charge is 2.23. The van der Waals surface area contributed by atoms with Crippen molar-refractivity contribution in [1.82, 2.24) is 19.9 Å². The lowest BCUT2D eigenvalue weighted by Crippen LogP contribution is -2.28. The minimum Gasteiger partial charge on any atom is -0.317 e. The Balaban J connectivity index is 1.77. The number of nitrogens with zero attached hydrogens (tertiary/aromatic N) is 3. The van der Waals surface area contributed by atoms with Crippen LogP contribution in [0.25, 0.3) is 5.65 Å². The number of rotatable bonds is 3. The first-order valence-corrected chi connectivity index (χ1v) is 11.4. The van der Waals surface area contributed by atoms with Gasteiger partial charge in [0.15, 0.2) is 0 Å². The SMILES string of the molecule is Cc1ccc(S(C)(=O)=NC(=O)c2cnn3c(C4CCNCC4)cc(=O)[nH]c23)cc1. The number of fused-ring (bicyclic) bond motifs is 1. The van der Waals surface area contributed by atoms with Gasteiger partial charge in [0.25, 0.3) is 11.5 Å². The van der Waals surface area contributed by atoms with E-state index >= 15 is 0 Å². The molecule has 1 fully saturated rings. The van der Waals surface area contributed by atoms with Crippen LogP contribution in [0.1, 0.15) is 40.4 Å². The van der Waals surface area contributed by atoms with Crippen molar-refractivity contribution >= 4 is 21.3 Å². The number of hydrogen-bond acceptors (Lipinski definition) is 5. The number of H-pyrrole nitrogens is 1. The Labute approximate surface area is 168 Å². The lowest BCUT2D eigenvalue weighted by Gasteiger charge is -2.23. The van der Waals surface area contributed by atoms with Gasteiger partial charge in [0.1, 0.15) is 11.2 Å². The van der Waals surface area contributed by atoms with Gasteiger partial charge in [-0.2, -0.15) is 9.46 Å². The molecule has 0 bridgehead atoms. The average molecular weight is 414 g/mol. The Kier molecular flexibility index (Phi) is 5.10. The molecule has 3 aromatic rings. The van der Waals surface area contributed by atoms with Crippen LogP contribution in [0, 0.1) is 6.92 Å². The molecule has 0 radical (unpaired) electrons. The molecule has 0 spiro atoms. The van der Waals surface area contributed by atoms with Gasteiger partial charge in [-0.1, -0.05) is 17.7 Å². The average Bonchev–Trinajstić information content (AvgIpc) is 3.12. The van der Waals surface area contributed by atoms with Crippen LogP contribution in [0.4, 0.5) is 0 Å². The molecule has 0 aliphatic carbocycles. The summed E-state index contributed by atoms with van der Waals surface area (Å²) in [4.78, 5) is 28.3. The molecule has 1 atom stereocenters. The zero-order valence-electron chi connectivity index (χ0n) is 16.3. The first-order chi connectivity index (χ1) is 13.8. The standard InChI is InChI=1S/C20H23N5O3S/c1-13-3-5-15(6-4-13)29(2,28)24-20(27)16-12-22-25-17(11-18(26)23-19(16)25)14-7-9-21-10-8-14/h3-6,11-12,14,21H,7-10H2,1-2H3,(H,23,26). The van der Waals surface area contributed by atoms with Gasteiger partial charge in [0.05, 0.1) is 21.6 Å². The largest absolute Gasteiger partial charge is 0.317 e. The first kappa shape index (κ1) is 19.5. The Hall–Kier alpha value is -2.78. The van der Waals surface area contributed by atoms with Crippen molar-refractivity contribution in [3.63, 3.8) is 0 Å². The molecule has 2 N–H and O–H groups in total. The van der Waals surface area contributed by atoms with Gasteiger partial charge >= 0.3 is 0 Å². The fourth-order valence-electron chi connectivity index (χ4n) is 3.63. The van der Waals surface area contributed by atoms with Crippen molar-refractivity contribution in [3.8, 4) is 0 Å². The molecule has 1 unspecified atom stereocenters. The maximum absolute atomic E-state index is 13.0. The summed E-state index contributed by atoms with van der Waals surface area (Å²) in [6, 6.07) is 8.62. The van der Waals surface area contributed by atoms with Crippen molar-refractivity contribution < 1.29 is 9.00 Å². The molecule has 1 amide bonds. The third-order valence-electron chi connectivity index (χ3n) is 5.24. The molecule has 4 rings (SSSR count). The Morgan fingerprint density at radius 3 is 2.62 bits per heavy atom. The molecule has 152 valence electrons. The summed E-state index contributed by atoms with van der Waals surface area (Å²) in [7, 11) is -2.92. The third-order valence-corrected chi connectivity index (χ3v) is 6.90. The Morgan fingerprint density at radius 1 is 1.24 bits per heavy atom. The summed E-state index contributed by atoms with van der Waals surface area (Å²) >= 11 is 0. The van der Waals surface area contributed by atoms with Gasteiger partial charge in [-0.05, 0) is 45.0 Å². The van der Waals surface area contributed by atoms with E-state index in [0.29, 0.717) is 10.5 Å². The second-order valence-corrected chi connectivity index (χ2v) is 9.67. The highest BCUT2D eigenvalue weighted by Crippen LogP contribution is 2.25. The molecule has 8 nitrogen and oxygen atoms in total. The van der Waals surface area contributed by atoms with Gasteiger partial charge in [-0.25, -0.2) is 8.72 Å². The number of aromatic amines is 1. The molecule has 0 saturated carbocycles. The van der Waals surface area contributed by atoms with Crippen LogP contribution in [0.3, 0.4) is 0 Å². The molecule has 1 aliphatic rings. The van der Waals surface area contributed by atoms with Crippen LogP contribution < -0.4 is 10.9 Å². The van der Waals surface area contributed by atoms with E-state index in [2.05, 4.69) is 19.8 Å². The minimum atomic E-state index is -2.92. The van der Waals surface area contributed by atoms with E-state index in [1.165, 1.54) is 18.5 Å². The minimum absolute atomic E-state index is 0.138. The van der Waals surface area contributed by atoms with Crippen LogP contribution in [-0.4, -0.2) is 44.1 Å². The highest BCUT2D eigenvalue weighted by molar-refractivity contribution is 7.93. The van der Waals surface area contributed by atoms with Crippen LogP contribution >= 0.6 is 0 Å². The fraction of sp³-hybridized carbons (Fsp3) is 0.350. The van der Waals surface area contributed by atoms with Gasteiger partial charge in [-0.15, -0.1) is 0 Å². The predicted octanol–water partition coefficient (Wildman–Crippen LogP) is 2.10. The van der Waals surface area contributed by atoms with Gasteiger partial charge in [-0.3, -0.25) is 9.59 Å². The third kappa shape index (κ3) is 3.88. The van der Waals surface area contributed by atoms with Crippen molar-refractivity contribution in [1.29, 1.82) is 0 Å². The molecular weight excluding hydrogens is 390 g/mol. The number of amides is 1. The van der Waals surface area contributed by atoms with E-state index in [9.17, 15) is 13.8 Å². The molecular formula is C20H23N5O3S. The summed E-state index contributed by atoms with van der Waals surface area (Å²) in [6.07, 6.45) is 4.60. The van der Waals surface area contributed by atoms with E-state index in [1.54, 1.807) is 16.6 Å². The molecule has 9 heteroatoms. The number of carbonyl (C=O) groups is 1. The monoisotopic (exact) mass is 413 g/mol. The zero-order chi connectivity index (χ0) is 20.6. The Bertz CT molecular complexity index is 1240. The summed E-state index contributed by atoms with van der Waals surface area (Å²) in [5.74, 6) is -0.477. The van der Waals surface area contributed by atoms with Crippen LogP contribution in [0.5, 0.6) is 0 Å². The quantitative estimate of drug-likeness (QED) is 0.683. The zero-order valence-corrected chi connectivity index (χ0v) is 17.2. The lowest BCUT2D eigenvalue weighted by atomic mass is 9.94. The normalized spacial score (nSPS) is 17.2. The van der Waals surface area contributed by atoms with E-state index in [1.807, 2.05) is 19.1 Å².